The second-order valence-corrected chi connectivity index (χ2v) is 6.60. The molecule has 0 radical (unpaired) electrons. The molecule has 2 aromatic rings. The van der Waals surface area contributed by atoms with E-state index in [-0.39, 0.29) is 11.9 Å². The van der Waals surface area contributed by atoms with Gasteiger partial charge in [0.2, 0.25) is 0 Å². The first-order valence-corrected chi connectivity index (χ1v) is 7.91. The van der Waals surface area contributed by atoms with Crippen LogP contribution in [0.2, 0.25) is 0 Å². The highest BCUT2D eigenvalue weighted by Gasteiger charge is 2.19. The standard InChI is InChI=1S/C16H19NOS2/c1-11-6-7-13(19)10-15(11)16(18)17(3)12(2)9-14-5-4-8-20-14/h4-8,10,12,19H,9H2,1-3H3. The minimum Gasteiger partial charge on any atom is -0.339 e. The number of thiophene rings is 1. The van der Waals surface area contributed by atoms with Gasteiger partial charge in [0.15, 0.2) is 0 Å². The van der Waals surface area contributed by atoms with Gasteiger partial charge >= 0.3 is 0 Å². The summed E-state index contributed by atoms with van der Waals surface area (Å²) in [4.78, 5) is 16.5. The van der Waals surface area contributed by atoms with E-state index in [0.717, 1.165) is 22.4 Å². The van der Waals surface area contributed by atoms with Gasteiger partial charge < -0.3 is 4.90 Å². The molecule has 0 spiro atoms. The van der Waals surface area contributed by atoms with Crippen molar-refractivity contribution in [2.24, 2.45) is 0 Å². The summed E-state index contributed by atoms with van der Waals surface area (Å²) in [5, 5.41) is 2.07. The highest BCUT2D eigenvalue weighted by molar-refractivity contribution is 7.80. The molecular formula is C16H19NOS2. The lowest BCUT2D eigenvalue weighted by molar-refractivity contribution is 0.0743. The van der Waals surface area contributed by atoms with Gasteiger partial charge in [-0.15, -0.1) is 24.0 Å². The van der Waals surface area contributed by atoms with Crippen LogP contribution in [-0.4, -0.2) is 23.9 Å². The Morgan fingerprint density at radius 1 is 1.40 bits per heavy atom. The van der Waals surface area contributed by atoms with Crippen LogP contribution in [0.4, 0.5) is 0 Å². The van der Waals surface area contributed by atoms with Crippen LogP contribution in [0.3, 0.4) is 0 Å². The summed E-state index contributed by atoms with van der Waals surface area (Å²) in [5.41, 5.74) is 1.72. The summed E-state index contributed by atoms with van der Waals surface area (Å²) in [6.45, 7) is 4.04. The van der Waals surface area contributed by atoms with Crippen molar-refractivity contribution in [2.75, 3.05) is 7.05 Å². The third-order valence-corrected chi connectivity index (χ3v) is 4.69. The van der Waals surface area contributed by atoms with Gasteiger partial charge in [0.1, 0.15) is 0 Å². The molecule has 1 unspecified atom stereocenters. The van der Waals surface area contributed by atoms with E-state index in [1.165, 1.54) is 4.88 Å². The minimum absolute atomic E-state index is 0.0578. The molecule has 0 aliphatic rings. The Morgan fingerprint density at radius 2 is 2.15 bits per heavy atom. The number of carbonyl (C=O) groups is 1. The lowest BCUT2D eigenvalue weighted by atomic mass is 10.1. The molecule has 0 saturated heterocycles. The van der Waals surface area contributed by atoms with Crippen molar-refractivity contribution in [3.05, 3.63) is 51.7 Å². The average molecular weight is 305 g/mol. The fourth-order valence-electron chi connectivity index (χ4n) is 2.09. The van der Waals surface area contributed by atoms with E-state index in [2.05, 4.69) is 31.0 Å². The number of benzene rings is 1. The number of hydrogen-bond donors (Lipinski definition) is 1. The van der Waals surface area contributed by atoms with E-state index in [1.54, 1.807) is 11.3 Å². The van der Waals surface area contributed by atoms with Crippen LogP contribution in [0, 0.1) is 6.92 Å². The predicted molar refractivity (Wildman–Crippen MR) is 88.0 cm³/mol. The number of nitrogens with zero attached hydrogens (tertiary/aromatic N) is 1. The monoisotopic (exact) mass is 305 g/mol. The molecule has 20 heavy (non-hydrogen) atoms. The zero-order chi connectivity index (χ0) is 14.7. The highest BCUT2D eigenvalue weighted by atomic mass is 32.1. The molecule has 1 aromatic carbocycles. The van der Waals surface area contributed by atoms with Crippen molar-refractivity contribution >= 4 is 29.9 Å². The Kier molecular flexibility index (Phi) is 4.89. The summed E-state index contributed by atoms with van der Waals surface area (Å²) in [7, 11) is 1.87. The Bertz CT molecular complexity index is 593. The molecule has 1 heterocycles. The van der Waals surface area contributed by atoms with Crippen molar-refractivity contribution in [1.29, 1.82) is 0 Å². The Balaban J connectivity index is 2.13. The molecule has 0 N–H and O–H groups in total. The van der Waals surface area contributed by atoms with E-state index in [1.807, 2.05) is 43.1 Å². The summed E-state index contributed by atoms with van der Waals surface area (Å²) < 4.78 is 0. The molecular weight excluding hydrogens is 286 g/mol. The number of amides is 1. The maximum absolute atomic E-state index is 12.6. The van der Waals surface area contributed by atoms with Gasteiger partial charge in [0, 0.05) is 34.8 Å². The van der Waals surface area contributed by atoms with Gasteiger partial charge in [-0.3, -0.25) is 4.79 Å². The van der Waals surface area contributed by atoms with Crippen LogP contribution < -0.4 is 0 Å². The summed E-state index contributed by atoms with van der Waals surface area (Å²) in [5.74, 6) is 0.0578. The zero-order valence-electron chi connectivity index (χ0n) is 12.0. The molecule has 0 aliphatic carbocycles. The molecule has 4 heteroatoms. The summed E-state index contributed by atoms with van der Waals surface area (Å²) >= 11 is 6.05. The first kappa shape index (κ1) is 15.1. The Labute approximate surface area is 129 Å². The quantitative estimate of drug-likeness (QED) is 0.845. The van der Waals surface area contributed by atoms with Crippen molar-refractivity contribution in [3.8, 4) is 0 Å². The molecule has 1 amide bonds. The molecule has 0 fully saturated rings. The predicted octanol–water partition coefficient (Wildman–Crippen LogP) is 4.05. The van der Waals surface area contributed by atoms with Crippen molar-refractivity contribution in [2.45, 2.75) is 31.2 Å². The Morgan fingerprint density at radius 3 is 2.80 bits per heavy atom. The van der Waals surface area contributed by atoms with Crippen molar-refractivity contribution in [1.82, 2.24) is 4.90 Å². The van der Waals surface area contributed by atoms with Crippen LogP contribution in [0.5, 0.6) is 0 Å². The number of carbonyl (C=O) groups excluding carboxylic acids is 1. The number of hydrogen-bond acceptors (Lipinski definition) is 3. The molecule has 2 nitrogen and oxygen atoms in total. The third-order valence-electron chi connectivity index (χ3n) is 3.51. The highest BCUT2D eigenvalue weighted by Crippen LogP contribution is 2.19. The van der Waals surface area contributed by atoms with Gasteiger partial charge in [0.05, 0.1) is 0 Å². The van der Waals surface area contributed by atoms with Crippen LogP contribution in [0.1, 0.15) is 27.7 Å². The third kappa shape index (κ3) is 3.44. The largest absolute Gasteiger partial charge is 0.339 e. The van der Waals surface area contributed by atoms with Gasteiger partial charge in [-0.2, -0.15) is 0 Å². The fraction of sp³-hybridized carbons (Fsp3) is 0.312. The second kappa shape index (κ2) is 6.46. The summed E-state index contributed by atoms with van der Waals surface area (Å²) in [6.07, 6.45) is 0.888. The smallest absolute Gasteiger partial charge is 0.254 e. The SMILES string of the molecule is Cc1ccc(S)cc1C(=O)N(C)C(C)Cc1cccs1. The van der Waals surface area contributed by atoms with Crippen LogP contribution in [-0.2, 0) is 6.42 Å². The minimum atomic E-state index is 0.0578. The van der Waals surface area contributed by atoms with Gasteiger partial charge in [-0.25, -0.2) is 0 Å². The number of aryl methyl sites for hydroxylation is 1. The Hall–Kier alpha value is -1.26. The molecule has 1 aromatic heterocycles. The molecule has 0 aliphatic heterocycles. The van der Waals surface area contributed by atoms with Gasteiger partial charge in [0.25, 0.3) is 5.91 Å². The normalized spacial score (nSPS) is 12.2. The maximum Gasteiger partial charge on any atom is 0.254 e. The molecule has 2 rings (SSSR count). The second-order valence-electron chi connectivity index (χ2n) is 5.05. The topological polar surface area (TPSA) is 20.3 Å². The van der Waals surface area contributed by atoms with E-state index >= 15 is 0 Å². The van der Waals surface area contributed by atoms with E-state index < -0.39 is 0 Å². The van der Waals surface area contributed by atoms with Crippen LogP contribution in [0.15, 0.2) is 40.6 Å². The van der Waals surface area contributed by atoms with Gasteiger partial charge in [-0.05, 0) is 43.0 Å². The van der Waals surface area contributed by atoms with Crippen LogP contribution in [0.25, 0.3) is 0 Å². The van der Waals surface area contributed by atoms with E-state index in [0.29, 0.717) is 0 Å². The van der Waals surface area contributed by atoms with Gasteiger partial charge in [-0.1, -0.05) is 12.1 Å². The first-order valence-electron chi connectivity index (χ1n) is 6.58. The fourth-order valence-corrected chi connectivity index (χ4v) is 3.12. The lowest BCUT2D eigenvalue weighted by Crippen LogP contribution is -2.36. The number of rotatable bonds is 4. The number of likely N-dealkylation sites (N-methyl/N-ethyl adjacent to an activating group) is 1. The van der Waals surface area contributed by atoms with Crippen molar-refractivity contribution in [3.63, 3.8) is 0 Å². The molecule has 106 valence electrons. The lowest BCUT2D eigenvalue weighted by Gasteiger charge is -2.25. The number of thiol groups is 1. The first-order chi connectivity index (χ1) is 9.49. The summed E-state index contributed by atoms with van der Waals surface area (Å²) in [6, 6.07) is 10.0. The van der Waals surface area contributed by atoms with E-state index in [4.69, 9.17) is 0 Å². The van der Waals surface area contributed by atoms with Crippen LogP contribution >= 0.6 is 24.0 Å². The molecule has 0 bridgehead atoms. The zero-order valence-corrected chi connectivity index (χ0v) is 13.7. The molecule has 0 saturated carbocycles. The maximum atomic E-state index is 12.6. The van der Waals surface area contributed by atoms with Crippen molar-refractivity contribution < 1.29 is 4.79 Å². The average Bonchev–Trinajstić information content (AvgIpc) is 2.92. The molecule has 1 atom stereocenters. The van der Waals surface area contributed by atoms with E-state index in [9.17, 15) is 4.79 Å².